The molecular formula is C13H24ClN3O. The molecule has 0 radical (unpaired) electrons. The lowest BCUT2D eigenvalue weighted by Crippen LogP contribution is -2.36. The number of alkyl halides is 1. The maximum atomic E-state index is 5.58. The Morgan fingerprint density at radius 2 is 2.17 bits per heavy atom. The fourth-order valence-corrected chi connectivity index (χ4v) is 1.95. The smallest absolute Gasteiger partial charge is 0.105 e. The van der Waals surface area contributed by atoms with Crippen molar-refractivity contribution in [3.8, 4) is 0 Å². The minimum atomic E-state index is 0.522. The summed E-state index contributed by atoms with van der Waals surface area (Å²) in [5.41, 5.74) is 0. The molecule has 0 aromatic carbocycles. The van der Waals surface area contributed by atoms with Gasteiger partial charge in [-0.25, -0.2) is 4.98 Å². The lowest BCUT2D eigenvalue weighted by Gasteiger charge is -2.26. The van der Waals surface area contributed by atoms with Crippen molar-refractivity contribution in [3.63, 3.8) is 0 Å². The molecule has 0 saturated carbocycles. The van der Waals surface area contributed by atoms with Gasteiger partial charge < -0.3 is 9.30 Å². The van der Waals surface area contributed by atoms with Crippen LogP contribution in [0.5, 0.6) is 0 Å². The molecule has 0 aliphatic carbocycles. The summed E-state index contributed by atoms with van der Waals surface area (Å²) in [5.74, 6) is 1.63. The number of hydrogen-bond donors (Lipinski definition) is 0. The molecule has 0 aliphatic rings. The molecule has 0 saturated heterocycles. The van der Waals surface area contributed by atoms with Crippen molar-refractivity contribution in [2.75, 3.05) is 32.2 Å². The van der Waals surface area contributed by atoms with Crippen molar-refractivity contribution in [3.05, 3.63) is 18.2 Å². The van der Waals surface area contributed by atoms with Crippen molar-refractivity contribution in [1.82, 2.24) is 14.5 Å². The Balaban J connectivity index is 2.31. The van der Waals surface area contributed by atoms with Crippen LogP contribution < -0.4 is 0 Å². The topological polar surface area (TPSA) is 30.3 Å². The van der Waals surface area contributed by atoms with E-state index in [9.17, 15) is 0 Å². The van der Waals surface area contributed by atoms with Crippen molar-refractivity contribution >= 4 is 11.6 Å². The van der Waals surface area contributed by atoms with Gasteiger partial charge in [0.05, 0.1) is 13.2 Å². The first-order valence-corrected chi connectivity index (χ1v) is 7.04. The number of imidazole rings is 1. The summed E-state index contributed by atoms with van der Waals surface area (Å²) in [7, 11) is 0. The SMILES string of the molecule is Cc1nccn1CCN(CCOCCCl)C(C)C. The lowest BCUT2D eigenvalue weighted by molar-refractivity contribution is 0.0999. The minimum absolute atomic E-state index is 0.522. The van der Waals surface area contributed by atoms with E-state index >= 15 is 0 Å². The molecule has 0 spiro atoms. The van der Waals surface area contributed by atoms with Gasteiger partial charge in [0.15, 0.2) is 0 Å². The number of aromatic nitrogens is 2. The Hall–Kier alpha value is -0.580. The Morgan fingerprint density at radius 1 is 1.39 bits per heavy atom. The van der Waals surface area contributed by atoms with Gasteiger partial charge in [-0.3, -0.25) is 4.90 Å². The van der Waals surface area contributed by atoms with E-state index < -0.39 is 0 Å². The second kappa shape index (κ2) is 8.51. The van der Waals surface area contributed by atoms with E-state index in [0.717, 1.165) is 32.1 Å². The summed E-state index contributed by atoms with van der Waals surface area (Å²) in [6.45, 7) is 10.8. The standard InChI is InChI=1S/C13H24ClN3O/c1-12(2)16(9-11-18-10-4-14)7-8-17-6-5-15-13(17)3/h5-6,12H,4,7-11H2,1-3H3. The normalized spacial score (nSPS) is 11.7. The monoisotopic (exact) mass is 273 g/mol. The number of halogens is 1. The predicted molar refractivity (Wildman–Crippen MR) is 75.2 cm³/mol. The number of aryl methyl sites for hydroxylation is 1. The number of ether oxygens (including phenoxy) is 1. The highest BCUT2D eigenvalue weighted by atomic mass is 35.5. The lowest BCUT2D eigenvalue weighted by atomic mass is 10.3. The van der Waals surface area contributed by atoms with Crippen molar-refractivity contribution in [2.45, 2.75) is 33.4 Å². The van der Waals surface area contributed by atoms with Crippen LogP contribution >= 0.6 is 11.6 Å². The maximum Gasteiger partial charge on any atom is 0.105 e. The maximum absolute atomic E-state index is 5.58. The second-order valence-electron chi connectivity index (χ2n) is 4.60. The van der Waals surface area contributed by atoms with E-state index in [1.807, 2.05) is 19.3 Å². The molecule has 1 heterocycles. The number of rotatable bonds is 9. The van der Waals surface area contributed by atoms with Crippen LogP contribution in [-0.2, 0) is 11.3 Å². The number of nitrogens with zero attached hydrogens (tertiary/aromatic N) is 3. The summed E-state index contributed by atoms with van der Waals surface area (Å²) in [5, 5.41) is 0. The van der Waals surface area contributed by atoms with Crippen LogP contribution in [0.4, 0.5) is 0 Å². The Labute approximate surface area is 115 Å². The van der Waals surface area contributed by atoms with Crippen LogP contribution in [0.1, 0.15) is 19.7 Å². The molecule has 0 N–H and O–H groups in total. The Morgan fingerprint density at radius 3 is 2.72 bits per heavy atom. The van der Waals surface area contributed by atoms with Gasteiger partial charge in [-0.1, -0.05) is 0 Å². The third kappa shape index (κ3) is 5.38. The fourth-order valence-electron chi connectivity index (χ4n) is 1.84. The van der Waals surface area contributed by atoms with Crippen LogP contribution in [0.25, 0.3) is 0 Å². The minimum Gasteiger partial charge on any atom is -0.379 e. The molecule has 0 atom stereocenters. The third-order valence-electron chi connectivity index (χ3n) is 3.03. The number of hydrogen-bond acceptors (Lipinski definition) is 3. The van der Waals surface area contributed by atoms with E-state index in [0.29, 0.717) is 18.5 Å². The van der Waals surface area contributed by atoms with E-state index in [1.54, 1.807) is 0 Å². The molecule has 5 heteroatoms. The summed E-state index contributed by atoms with van der Waals surface area (Å²) in [6.07, 6.45) is 3.87. The van der Waals surface area contributed by atoms with E-state index in [4.69, 9.17) is 16.3 Å². The van der Waals surface area contributed by atoms with Gasteiger partial charge in [-0.15, -0.1) is 11.6 Å². The predicted octanol–water partition coefficient (Wildman–Crippen LogP) is 2.16. The largest absolute Gasteiger partial charge is 0.379 e. The summed E-state index contributed by atoms with van der Waals surface area (Å²) >= 11 is 5.58. The third-order valence-corrected chi connectivity index (χ3v) is 3.18. The quantitative estimate of drug-likeness (QED) is 0.510. The highest BCUT2D eigenvalue weighted by Crippen LogP contribution is 2.01. The van der Waals surface area contributed by atoms with Crippen LogP contribution in [-0.4, -0.2) is 52.7 Å². The molecule has 0 fully saturated rings. The highest BCUT2D eigenvalue weighted by molar-refractivity contribution is 6.17. The Bertz CT molecular complexity index is 328. The molecule has 1 aromatic heterocycles. The fraction of sp³-hybridized carbons (Fsp3) is 0.769. The van der Waals surface area contributed by atoms with Gasteiger partial charge in [0.1, 0.15) is 5.82 Å². The summed E-state index contributed by atoms with van der Waals surface area (Å²) in [6, 6.07) is 0.522. The van der Waals surface area contributed by atoms with Gasteiger partial charge in [0, 0.05) is 43.9 Å². The molecule has 0 unspecified atom stereocenters. The van der Waals surface area contributed by atoms with Crippen LogP contribution in [0.2, 0.25) is 0 Å². The molecule has 0 amide bonds. The zero-order valence-electron chi connectivity index (χ0n) is 11.6. The van der Waals surface area contributed by atoms with Crippen molar-refractivity contribution in [1.29, 1.82) is 0 Å². The molecule has 4 nitrogen and oxygen atoms in total. The zero-order valence-corrected chi connectivity index (χ0v) is 12.4. The molecule has 0 aliphatic heterocycles. The first-order valence-electron chi connectivity index (χ1n) is 6.50. The van der Waals surface area contributed by atoms with Crippen LogP contribution in [0.15, 0.2) is 12.4 Å². The van der Waals surface area contributed by atoms with Gasteiger partial charge in [0.2, 0.25) is 0 Å². The van der Waals surface area contributed by atoms with Gasteiger partial charge >= 0.3 is 0 Å². The van der Waals surface area contributed by atoms with Gasteiger partial charge in [-0.05, 0) is 20.8 Å². The first-order chi connectivity index (χ1) is 8.65. The average Bonchev–Trinajstić information content (AvgIpc) is 2.73. The molecule has 18 heavy (non-hydrogen) atoms. The first kappa shape index (κ1) is 15.5. The molecule has 104 valence electrons. The average molecular weight is 274 g/mol. The summed E-state index contributed by atoms with van der Waals surface area (Å²) < 4.78 is 7.61. The highest BCUT2D eigenvalue weighted by Gasteiger charge is 2.09. The second-order valence-corrected chi connectivity index (χ2v) is 4.98. The molecule has 1 rings (SSSR count). The van der Waals surface area contributed by atoms with Crippen LogP contribution in [0, 0.1) is 6.92 Å². The van der Waals surface area contributed by atoms with Crippen molar-refractivity contribution < 1.29 is 4.74 Å². The molecule has 1 aromatic rings. The zero-order chi connectivity index (χ0) is 13.4. The molecule has 0 bridgehead atoms. The molecular weight excluding hydrogens is 250 g/mol. The van der Waals surface area contributed by atoms with E-state index in [1.165, 1.54) is 0 Å². The van der Waals surface area contributed by atoms with E-state index in [-0.39, 0.29) is 0 Å². The van der Waals surface area contributed by atoms with Crippen LogP contribution in [0.3, 0.4) is 0 Å². The van der Waals surface area contributed by atoms with Gasteiger partial charge in [0.25, 0.3) is 0 Å². The summed E-state index contributed by atoms with van der Waals surface area (Å²) in [4.78, 5) is 6.64. The van der Waals surface area contributed by atoms with Gasteiger partial charge in [-0.2, -0.15) is 0 Å². The van der Waals surface area contributed by atoms with Crippen molar-refractivity contribution in [2.24, 2.45) is 0 Å². The van der Waals surface area contributed by atoms with E-state index in [2.05, 4.69) is 28.3 Å². The Kier molecular flexibility index (Phi) is 7.32.